The van der Waals surface area contributed by atoms with E-state index >= 15 is 0 Å². The van der Waals surface area contributed by atoms with Crippen LogP contribution in [0, 0.1) is 5.92 Å². The van der Waals surface area contributed by atoms with E-state index < -0.39 is 14.6 Å². The molecule has 1 heterocycles. The van der Waals surface area contributed by atoms with Crippen LogP contribution in [0.1, 0.15) is 66.7 Å². The number of aliphatic hydroxyl groups is 1. The quantitative estimate of drug-likeness (QED) is 0.340. The van der Waals surface area contributed by atoms with E-state index in [0.29, 0.717) is 6.61 Å². The lowest BCUT2D eigenvalue weighted by Gasteiger charge is -2.36. The third-order valence-electron chi connectivity index (χ3n) is 5.29. The van der Waals surface area contributed by atoms with Gasteiger partial charge in [0.1, 0.15) is 0 Å². The lowest BCUT2D eigenvalue weighted by Crippen LogP contribution is -2.42. The van der Waals surface area contributed by atoms with Gasteiger partial charge in [-0.3, -0.25) is 4.58 Å². The van der Waals surface area contributed by atoms with Gasteiger partial charge in [0.05, 0.1) is 12.2 Å². The Morgan fingerprint density at radius 2 is 1.82 bits per heavy atom. The number of ether oxygens (including phenoxy) is 1. The minimum absolute atomic E-state index is 0.159. The number of hydrogen-bond acceptors (Lipinski definition) is 4. The fourth-order valence-electron chi connectivity index (χ4n) is 3.22. The highest BCUT2D eigenvalue weighted by atomic mass is 28.4. The standard InChI is InChI=1S/C17H36O4Si/c1-6-10-12-17(5,14-15-11-13-19-16(15)18)20-21-22(7-2,8-3)9-4/h15-16,18H,6-14H2,1-5H3/t15-,16-,17+/m0/s1. The number of rotatable bonds is 11. The van der Waals surface area contributed by atoms with Crippen LogP contribution in [0.2, 0.25) is 18.1 Å². The highest BCUT2D eigenvalue weighted by molar-refractivity contribution is 6.73. The Balaban J connectivity index is 2.69. The van der Waals surface area contributed by atoms with Crippen LogP contribution >= 0.6 is 0 Å². The van der Waals surface area contributed by atoms with E-state index in [4.69, 9.17) is 14.2 Å². The summed E-state index contributed by atoms with van der Waals surface area (Å²) in [5.74, 6) is 0.159. The summed E-state index contributed by atoms with van der Waals surface area (Å²) in [7, 11) is -1.76. The average Bonchev–Trinajstić information content (AvgIpc) is 2.92. The molecule has 0 aromatic carbocycles. The average molecular weight is 333 g/mol. The first-order valence-corrected chi connectivity index (χ1v) is 11.6. The topological polar surface area (TPSA) is 47.9 Å². The fraction of sp³-hybridized carbons (Fsp3) is 1.00. The molecule has 1 fully saturated rings. The maximum atomic E-state index is 9.93. The van der Waals surface area contributed by atoms with Gasteiger partial charge in [0.2, 0.25) is 8.32 Å². The van der Waals surface area contributed by atoms with Crippen LogP contribution in [0.5, 0.6) is 0 Å². The van der Waals surface area contributed by atoms with Crippen molar-refractivity contribution in [1.29, 1.82) is 0 Å². The van der Waals surface area contributed by atoms with Gasteiger partial charge in [-0.15, -0.1) is 0 Å². The van der Waals surface area contributed by atoms with Crippen LogP contribution in [-0.2, 0) is 14.2 Å². The van der Waals surface area contributed by atoms with Crippen LogP contribution in [0.15, 0.2) is 0 Å². The van der Waals surface area contributed by atoms with Gasteiger partial charge in [-0.1, -0.05) is 40.5 Å². The smallest absolute Gasteiger partial charge is 0.238 e. The number of unbranched alkanes of at least 4 members (excludes halogenated alkanes) is 1. The molecule has 1 aliphatic rings. The maximum absolute atomic E-state index is 9.93. The molecule has 1 saturated heterocycles. The Hall–Kier alpha value is 0.0569. The summed E-state index contributed by atoms with van der Waals surface area (Å²) in [6.07, 6.45) is 4.28. The van der Waals surface area contributed by atoms with E-state index in [1.165, 1.54) is 0 Å². The van der Waals surface area contributed by atoms with E-state index in [9.17, 15) is 5.11 Å². The Kier molecular flexibility index (Phi) is 8.57. The van der Waals surface area contributed by atoms with E-state index in [1.807, 2.05) is 0 Å². The van der Waals surface area contributed by atoms with E-state index in [0.717, 1.165) is 50.2 Å². The summed E-state index contributed by atoms with van der Waals surface area (Å²) >= 11 is 0. The van der Waals surface area contributed by atoms with Crippen molar-refractivity contribution in [2.24, 2.45) is 5.92 Å². The molecule has 1 aliphatic heterocycles. The lowest BCUT2D eigenvalue weighted by molar-refractivity contribution is -0.307. The van der Waals surface area contributed by atoms with Crippen molar-refractivity contribution in [2.75, 3.05) is 6.61 Å². The third-order valence-corrected chi connectivity index (χ3v) is 9.59. The maximum Gasteiger partial charge on any atom is 0.238 e. The highest BCUT2D eigenvalue weighted by Crippen LogP contribution is 2.35. The Morgan fingerprint density at radius 1 is 1.18 bits per heavy atom. The van der Waals surface area contributed by atoms with Crippen molar-refractivity contribution >= 4 is 8.32 Å². The van der Waals surface area contributed by atoms with Crippen molar-refractivity contribution in [3.8, 4) is 0 Å². The SMILES string of the molecule is CCCC[C@](C)(C[C@@H]1CCO[C@@H]1O)OO[Si](CC)(CC)CC. The normalized spacial score (nSPS) is 25.4. The first kappa shape index (κ1) is 20.1. The van der Waals surface area contributed by atoms with Gasteiger partial charge in [-0.05, 0) is 44.3 Å². The zero-order chi connectivity index (χ0) is 16.6. The monoisotopic (exact) mass is 332 g/mol. The second-order valence-corrected chi connectivity index (χ2v) is 11.6. The summed E-state index contributed by atoms with van der Waals surface area (Å²) in [5.41, 5.74) is -0.326. The zero-order valence-corrected chi connectivity index (χ0v) is 16.2. The number of aliphatic hydroxyl groups excluding tert-OH is 1. The molecule has 3 atom stereocenters. The first-order valence-electron chi connectivity index (χ1n) is 9.10. The molecule has 22 heavy (non-hydrogen) atoms. The van der Waals surface area contributed by atoms with Gasteiger partial charge in [-0.25, -0.2) is 4.89 Å². The molecule has 0 saturated carbocycles. The molecule has 0 aromatic heterocycles. The summed E-state index contributed by atoms with van der Waals surface area (Å²) in [4.78, 5) is 6.08. The summed E-state index contributed by atoms with van der Waals surface area (Å²) in [6, 6.07) is 3.25. The molecular formula is C17H36O4Si. The molecule has 5 heteroatoms. The van der Waals surface area contributed by atoms with Crippen molar-refractivity contribution in [2.45, 2.75) is 96.7 Å². The molecular weight excluding hydrogens is 296 g/mol. The van der Waals surface area contributed by atoms with Crippen molar-refractivity contribution in [1.82, 2.24) is 0 Å². The molecule has 0 amide bonds. The summed E-state index contributed by atoms with van der Waals surface area (Å²) in [6.45, 7) is 11.6. The Morgan fingerprint density at radius 3 is 2.27 bits per heavy atom. The minimum Gasteiger partial charge on any atom is -0.368 e. The Labute approximate surface area is 137 Å². The molecule has 1 N–H and O–H groups in total. The van der Waals surface area contributed by atoms with Gasteiger partial charge in [0.15, 0.2) is 6.29 Å². The summed E-state index contributed by atoms with van der Waals surface area (Å²) in [5, 5.41) is 9.93. The Bertz CT molecular complexity index is 301. The molecule has 132 valence electrons. The van der Waals surface area contributed by atoms with Gasteiger partial charge < -0.3 is 9.84 Å². The van der Waals surface area contributed by atoms with Crippen molar-refractivity contribution < 1.29 is 19.3 Å². The largest absolute Gasteiger partial charge is 0.368 e. The summed E-state index contributed by atoms with van der Waals surface area (Å²) < 4.78 is 11.4. The lowest BCUT2D eigenvalue weighted by atomic mass is 9.87. The van der Waals surface area contributed by atoms with E-state index in [-0.39, 0.29) is 11.5 Å². The molecule has 0 aliphatic carbocycles. The van der Waals surface area contributed by atoms with Gasteiger partial charge >= 0.3 is 0 Å². The highest BCUT2D eigenvalue weighted by Gasteiger charge is 2.39. The van der Waals surface area contributed by atoms with Gasteiger partial charge in [-0.2, -0.15) is 0 Å². The van der Waals surface area contributed by atoms with Crippen LogP contribution < -0.4 is 0 Å². The molecule has 0 bridgehead atoms. The molecule has 0 unspecified atom stereocenters. The van der Waals surface area contributed by atoms with E-state index in [2.05, 4.69) is 34.6 Å². The molecule has 0 spiro atoms. The van der Waals surface area contributed by atoms with Crippen LogP contribution in [-0.4, -0.2) is 31.9 Å². The van der Waals surface area contributed by atoms with Crippen molar-refractivity contribution in [3.05, 3.63) is 0 Å². The van der Waals surface area contributed by atoms with Crippen LogP contribution in [0.25, 0.3) is 0 Å². The third kappa shape index (κ3) is 5.60. The molecule has 0 radical (unpaired) electrons. The van der Waals surface area contributed by atoms with E-state index in [1.54, 1.807) is 0 Å². The van der Waals surface area contributed by atoms with Crippen LogP contribution in [0.3, 0.4) is 0 Å². The molecule has 1 rings (SSSR count). The predicted octanol–water partition coefficient (Wildman–Crippen LogP) is 4.63. The molecule has 4 nitrogen and oxygen atoms in total. The second-order valence-electron chi connectivity index (χ2n) is 6.98. The van der Waals surface area contributed by atoms with Gasteiger partial charge in [0.25, 0.3) is 0 Å². The zero-order valence-electron chi connectivity index (χ0n) is 15.2. The minimum atomic E-state index is -1.76. The fourth-order valence-corrected chi connectivity index (χ4v) is 5.45. The second kappa shape index (κ2) is 9.38. The first-order chi connectivity index (χ1) is 10.4. The molecule has 0 aromatic rings. The predicted molar refractivity (Wildman–Crippen MR) is 92.0 cm³/mol. The number of hydrogen-bond donors (Lipinski definition) is 1. The van der Waals surface area contributed by atoms with Crippen LogP contribution in [0.4, 0.5) is 0 Å². The van der Waals surface area contributed by atoms with Gasteiger partial charge in [0, 0.05) is 5.92 Å². The van der Waals surface area contributed by atoms with Crippen molar-refractivity contribution in [3.63, 3.8) is 0 Å².